The fraction of sp³-hybridized carbons (Fsp3) is 0.700. The number of unbranched alkanes of at least 4 members (excludes halogenated alkanes) is 1. The van der Waals surface area contributed by atoms with Gasteiger partial charge in [-0.15, -0.1) is 11.3 Å². The lowest BCUT2D eigenvalue weighted by Crippen LogP contribution is -2.18. The molecule has 0 aliphatic rings. The van der Waals surface area contributed by atoms with E-state index in [1.807, 2.05) is 23.3 Å². The van der Waals surface area contributed by atoms with Crippen LogP contribution in [0.1, 0.15) is 17.8 Å². The second-order valence-corrected chi connectivity index (χ2v) is 5.09. The monoisotopic (exact) mass is 230 g/mol. The molecule has 0 aliphatic carbocycles. The summed E-state index contributed by atoms with van der Waals surface area (Å²) < 4.78 is 0. The van der Waals surface area contributed by atoms with Crippen molar-refractivity contribution in [2.75, 3.05) is 25.1 Å². The smallest absolute Gasteiger partial charge is 0.0937 e. The maximum atomic E-state index is 4.24. The zero-order valence-electron chi connectivity index (χ0n) is 8.66. The molecule has 1 rings (SSSR count). The first-order chi connectivity index (χ1) is 6.93. The van der Waals surface area contributed by atoms with Crippen molar-refractivity contribution in [3.63, 3.8) is 0 Å². The van der Waals surface area contributed by atoms with Gasteiger partial charge in [0.15, 0.2) is 0 Å². The van der Waals surface area contributed by atoms with Gasteiger partial charge in [0.2, 0.25) is 0 Å². The molecule has 1 heterocycles. The van der Waals surface area contributed by atoms with Crippen LogP contribution in [-0.4, -0.2) is 30.1 Å². The number of nitrogens with one attached hydrogen (secondary N) is 1. The average molecular weight is 230 g/mol. The molecule has 1 N–H and O–H groups in total. The Kier molecular flexibility index (Phi) is 7.09. The molecule has 0 amide bonds. The molecule has 0 saturated heterocycles. The maximum absolute atomic E-state index is 4.24. The van der Waals surface area contributed by atoms with E-state index in [2.05, 4.69) is 16.6 Å². The van der Waals surface area contributed by atoms with Crippen LogP contribution in [-0.2, 0) is 6.42 Å². The second kappa shape index (κ2) is 8.26. The van der Waals surface area contributed by atoms with Gasteiger partial charge in [0, 0.05) is 24.5 Å². The maximum Gasteiger partial charge on any atom is 0.0937 e. The van der Waals surface area contributed by atoms with Gasteiger partial charge in [-0.1, -0.05) is 0 Å². The minimum atomic E-state index is 1.06. The number of rotatable bonds is 8. The second-order valence-electron chi connectivity index (χ2n) is 3.13. The highest BCUT2D eigenvalue weighted by Crippen LogP contribution is 2.03. The summed E-state index contributed by atoms with van der Waals surface area (Å²) in [6.45, 7) is 2.21. The zero-order chi connectivity index (χ0) is 10.1. The number of nitrogens with zero attached hydrogens (tertiary/aromatic N) is 1. The van der Waals surface area contributed by atoms with Gasteiger partial charge in [-0.25, -0.2) is 4.98 Å². The number of thioether (sulfide) groups is 1. The SMILES string of the molecule is CSCCCCNCCc1nccs1. The van der Waals surface area contributed by atoms with E-state index in [1.54, 1.807) is 11.3 Å². The van der Waals surface area contributed by atoms with Crippen LogP contribution in [0.4, 0.5) is 0 Å². The molecule has 1 aromatic heterocycles. The third-order valence-corrected chi connectivity index (χ3v) is 3.49. The molecule has 0 spiro atoms. The topological polar surface area (TPSA) is 24.9 Å². The van der Waals surface area contributed by atoms with Crippen molar-refractivity contribution in [3.05, 3.63) is 16.6 Å². The van der Waals surface area contributed by atoms with Gasteiger partial charge >= 0.3 is 0 Å². The zero-order valence-corrected chi connectivity index (χ0v) is 10.3. The van der Waals surface area contributed by atoms with Crippen molar-refractivity contribution in [2.24, 2.45) is 0 Å². The Balaban J connectivity index is 1.85. The lowest BCUT2D eigenvalue weighted by Gasteiger charge is -2.02. The predicted octanol–water partition coefficient (Wildman–Crippen LogP) is 2.42. The van der Waals surface area contributed by atoms with E-state index in [0.29, 0.717) is 0 Å². The molecule has 4 heteroatoms. The normalized spacial score (nSPS) is 10.6. The first kappa shape index (κ1) is 12.0. The van der Waals surface area contributed by atoms with Gasteiger partial charge in [-0.3, -0.25) is 0 Å². The summed E-state index contributed by atoms with van der Waals surface area (Å²) in [6, 6.07) is 0. The van der Waals surface area contributed by atoms with E-state index in [-0.39, 0.29) is 0 Å². The van der Waals surface area contributed by atoms with Crippen molar-refractivity contribution in [3.8, 4) is 0 Å². The van der Waals surface area contributed by atoms with Gasteiger partial charge < -0.3 is 5.32 Å². The molecular formula is C10H18N2S2. The number of hydrogen-bond donors (Lipinski definition) is 1. The molecule has 0 saturated carbocycles. The van der Waals surface area contributed by atoms with Crippen LogP contribution in [0.3, 0.4) is 0 Å². The molecule has 0 aromatic carbocycles. The van der Waals surface area contributed by atoms with Gasteiger partial charge in [-0.05, 0) is 31.4 Å². The highest BCUT2D eigenvalue weighted by molar-refractivity contribution is 7.98. The van der Waals surface area contributed by atoms with Crippen molar-refractivity contribution in [2.45, 2.75) is 19.3 Å². The molecule has 0 aliphatic heterocycles. The van der Waals surface area contributed by atoms with Crippen LogP contribution in [0.15, 0.2) is 11.6 Å². The molecule has 14 heavy (non-hydrogen) atoms. The Morgan fingerprint density at radius 3 is 3.07 bits per heavy atom. The van der Waals surface area contributed by atoms with E-state index in [0.717, 1.165) is 19.5 Å². The van der Waals surface area contributed by atoms with Gasteiger partial charge in [0.25, 0.3) is 0 Å². The van der Waals surface area contributed by atoms with Crippen LogP contribution in [0.25, 0.3) is 0 Å². The summed E-state index contributed by atoms with van der Waals surface area (Å²) in [7, 11) is 0. The van der Waals surface area contributed by atoms with E-state index in [4.69, 9.17) is 0 Å². The molecule has 0 fully saturated rings. The van der Waals surface area contributed by atoms with E-state index in [1.165, 1.54) is 23.6 Å². The van der Waals surface area contributed by atoms with Gasteiger partial charge in [-0.2, -0.15) is 11.8 Å². The summed E-state index contributed by atoms with van der Waals surface area (Å²) in [4.78, 5) is 4.24. The molecule has 1 aromatic rings. The molecule has 80 valence electrons. The van der Waals surface area contributed by atoms with Crippen LogP contribution < -0.4 is 5.32 Å². The van der Waals surface area contributed by atoms with Crippen LogP contribution in [0, 0.1) is 0 Å². The standard InChI is InChI=1S/C10H18N2S2/c1-13-8-3-2-5-11-6-4-10-12-7-9-14-10/h7,9,11H,2-6,8H2,1H3. The summed E-state index contributed by atoms with van der Waals surface area (Å²) in [5.41, 5.74) is 0. The number of hydrogen-bond acceptors (Lipinski definition) is 4. The third kappa shape index (κ3) is 5.62. The number of aromatic nitrogens is 1. The first-order valence-electron chi connectivity index (χ1n) is 5.01. The van der Waals surface area contributed by atoms with Gasteiger partial charge in [0.1, 0.15) is 0 Å². The first-order valence-corrected chi connectivity index (χ1v) is 7.29. The highest BCUT2D eigenvalue weighted by atomic mass is 32.2. The molecule has 0 atom stereocenters. The summed E-state index contributed by atoms with van der Waals surface area (Å²) in [6.07, 6.45) is 7.72. The van der Waals surface area contributed by atoms with Crippen molar-refractivity contribution >= 4 is 23.1 Å². The fourth-order valence-electron chi connectivity index (χ4n) is 1.19. The number of thiazole rings is 1. The van der Waals surface area contributed by atoms with E-state index in [9.17, 15) is 0 Å². The lowest BCUT2D eigenvalue weighted by molar-refractivity contribution is 0.641. The quantitative estimate of drug-likeness (QED) is 0.694. The van der Waals surface area contributed by atoms with E-state index < -0.39 is 0 Å². The van der Waals surface area contributed by atoms with Crippen molar-refractivity contribution < 1.29 is 0 Å². The Labute approximate surface area is 94.5 Å². The van der Waals surface area contributed by atoms with Crippen LogP contribution in [0.2, 0.25) is 0 Å². The molecule has 0 radical (unpaired) electrons. The van der Waals surface area contributed by atoms with Crippen molar-refractivity contribution in [1.82, 2.24) is 10.3 Å². The Hall–Kier alpha value is -0.0600. The Morgan fingerprint density at radius 1 is 1.43 bits per heavy atom. The lowest BCUT2D eigenvalue weighted by atomic mass is 10.3. The summed E-state index contributed by atoms with van der Waals surface area (Å²) in [5.74, 6) is 1.29. The predicted molar refractivity (Wildman–Crippen MR) is 66.3 cm³/mol. The summed E-state index contributed by atoms with van der Waals surface area (Å²) in [5, 5.41) is 6.71. The summed E-state index contributed by atoms with van der Waals surface area (Å²) >= 11 is 3.67. The van der Waals surface area contributed by atoms with Crippen molar-refractivity contribution in [1.29, 1.82) is 0 Å². The Bertz CT molecular complexity index is 212. The Morgan fingerprint density at radius 2 is 2.36 bits per heavy atom. The molecular weight excluding hydrogens is 212 g/mol. The average Bonchev–Trinajstić information content (AvgIpc) is 2.69. The minimum absolute atomic E-state index is 1.06. The van der Waals surface area contributed by atoms with Crippen LogP contribution in [0.5, 0.6) is 0 Å². The largest absolute Gasteiger partial charge is 0.316 e. The molecule has 0 bridgehead atoms. The third-order valence-electron chi connectivity index (χ3n) is 1.95. The molecule has 0 unspecified atom stereocenters. The molecule has 2 nitrogen and oxygen atoms in total. The van der Waals surface area contributed by atoms with Crippen LogP contribution >= 0.6 is 23.1 Å². The van der Waals surface area contributed by atoms with Gasteiger partial charge in [0.05, 0.1) is 5.01 Å². The minimum Gasteiger partial charge on any atom is -0.316 e. The fourth-order valence-corrected chi connectivity index (χ4v) is 2.31. The highest BCUT2D eigenvalue weighted by Gasteiger charge is 1.94. The van der Waals surface area contributed by atoms with E-state index >= 15 is 0 Å².